The topological polar surface area (TPSA) is 158 Å². The van der Waals surface area contributed by atoms with Crippen molar-refractivity contribution < 1.29 is 34.6 Å². The van der Waals surface area contributed by atoms with Crippen molar-refractivity contribution in [1.29, 1.82) is 0 Å². The Bertz CT molecular complexity index is 109. The van der Waals surface area contributed by atoms with Crippen LogP contribution < -0.4 is 0 Å². The minimum atomic E-state index is -1.63. The predicted molar refractivity (Wildman–Crippen MR) is 44.8 cm³/mol. The monoisotopic (exact) mass is 364 g/mol. The first kappa shape index (κ1) is 29.2. The van der Waals surface area contributed by atoms with Crippen molar-refractivity contribution in [3.8, 4) is 0 Å². The van der Waals surface area contributed by atoms with Crippen LogP contribution in [0.2, 0.25) is 0 Å². The summed E-state index contributed by atoms with van der Waals surface area (Å²) in [6, 6.07) is 0. The van der Waals surface area contributed by atoms with Crippen LogP contribution in [0.4, 0.5) is 0 Å². The average Bonchev–Trinajstić information content (AvgIpc) is 1.90. The van der Waals surface area contributed by atoms with Crippen LogP contribution in [0.3, 0.4) is 0 Å². The van der Waals surface area contributed by atoms with Crippen LogP contribution in [-0.2, 0) is 8.33 Å². The summed E-state index contributed by atoms with van der Waals surface area (Å²) >= 11 is 1.23. The van der Waals surface area contributed by atoms with Crippen molar-refractivity contribution in [1.82, 2.24) is 0 Å². The first-order valence-corrected chi connectivity index (χ1v) is 4.52. The van der Waals surface area contributed by atoms with Crippen molar-refractivity contribution in [2.24, 2.45) is 0 Å². The maximum absolute atomic E-state index is 9.74. The molecule has 0 unspecified atom stereocenters. The summed E-state index contributed by atoms with van der Waals surface area (Å²) in [6.07, 6.45) is -1.63. The summed E-state index contributed by atoms with van der Waals surface area (Å²) in [4.78, 5) is 9.74. The van der Waals surface area contributed by atoms with E-state index < -0.39 is 16.7 Å². The fourth-order valence-corrected chi connectivity index (χ4v) is 0.491. The zero-order chi connectivity index (χ0) is 8.73. The van der Waals surface area contributed by atoms with Crippen molar-refractivity contribution in [3.05, 3.63) is 0 Å². The fourth-order valence-electron chi connectivity index (χ4n) is 0.146. The first-order chi connectivity index (χ1) is 4.55. The van der Waals surface area contributed by atoms with E-state index in [0.717, 1.165) is 18.6 Å². The van der Waals surface area contributed by atoms with Gasteiger partial charge >= 0.3 is 77.5 Å². The molecule has 72 valence electrons. The quantitative estimate of drug-likeness (QED) is 0.419. The Morgan fingerprint density at radius 1 is 1.15 bits per heavy atom. The molecule has 10 heteroatoms. The van der Waals surface area contributed by atoms with E-state index in [2.05, 4.69) is 0 Å². The van der Waals surface area contributed by atoms with Crippen LogP contribution in [0.5, 0.6) is 0 Å². The normalized spacial score (nSPS) is 10.8. The van der Waals surface area contributed by atoms with E-state index in [1.54, 1.807) is 0 Å². The van der Waals surface area contributed by atoms with Gasteiger partial charge in [-0.1, -0.05) is 0 Å². The molecule has 0 bridgehead atoms. The Morgan fingerprint density at radius 2 is 1.38 bits per heavy atom. The molecular formula is C3H9Ga3O7. The number of aliphatic hydroxyl groups is 2. The summed E-state index contributed by atoms with van der Waals surface area (Å²) in [5.74, 6) is -1.39. The first-order valence-electron chi connectivity index (χ1n) is 2.14. The molecule has 0 fully saturated rings. The van der Waals surface area contributed by atoms with Gasteiger partial charge in [-0.3, -0.25) is 0 Å². The second-order valence-electron chi connectivity index (χ2n) is 1.27. The van der Waals surface area contributed by atoms with Gasteiger partial charge in [0.2, 0.25) is 0 Å². The van der Waals surface area contributed by atoms with E-state index in [9.17, 15) is 4.79 Å². The molecule has 0 heterocycles. The Labute approximate surface area is 108 Å². The Morgan fingerprint density at radius 3 is 1.38 bits per heavy atom. The number of hydrogen-bond donors (Lipinski definition) is 3. The van der Waals surface area contributed by atoms with E-state index in [4.69, 9.17) is 18.9 Å². The zero-order valence-electron chi connectivity index (χ0n) is 6.54. The predicted octanol–water partition coefficient (Wildman–Crippen LogP) is -4.61. The van der Waals surface area contributed by atoms with Gasteiger partial charge in [0.05, 0.1) is 0 Å². The molecule has 0 spiro atoms. The summed E-state index contributed by atoms with van der Waals surface area (Å²) in [5.41, 5.74) is 0. The summed E-state index contributed by atoms with van der Waals surface area (Å²) in [6.45, 7) is 0. The Balaban J connectivity index is -0.0000000398. The molecule has 0 amide bonds. The van der Waals surface area contributed by atoms with Gasteiger partial charge < -0.3 is 11.0 Å². The zero-order valence-corrected chi connectivity index (χ0v) is 13.8. The fraction of sp³-hybridized carbons (Fsp3) is 0.667. The van der Waals surface area contributed by atoms with Crippen molar-refractivity contribution in [3.63, 3.8) is 0 Å². The molecule has 7 N–H and O–H groups in total. The van der Waals surface area contributed by atoms with E-state index in [-0.39, 0.29) is 30.7 Å². The second-order valence-corrected chi connectivity index (χ2v) is 2.71. The molecule has 6 radical (unpaired) electrons. The molecule has 0 saturated heterocycles. The molecule has 7 nitrogen and oxygen atoms in total. The molecule has 0 aromatic heterocycles. The van der Waals surface area contributed by atoms with Gasteiger partial charge in [0.15, 0.2) is 0 Å². The van der Waals surface area contributed by atoms with Crippen molar-refractivity contribution in [2.75, 3.05) is 0 Å². The molecule has 2 atom stereocenters. The summed E-state index contributed by atoms with van der Waals surface area (Å²) < 4.78 is 7.17. The Kier molecular flexibility index (Phi) is 42.1. The molecule has 0 aliphatic heterocycles. The van der Waals surface area contributed by atoms with Crippen LogP contribution in [0, 0.1) is 0 Å². The van der Waals surface area contributed by atoms with E-state index in [1.807, 2.05) is 0 Å². The number of carbonyl (C=O) groups is 1. The SMILES string of the molecule is O.O.O=C(O)[C@@H](O)[C@H](O)[Ga].[Ga].[O]=[Ga]. The van der Waals surface area contributed by atoms with Gasteiger partial charge in [-0.2, -0.15) is 0 Å². The minimum absolute atomic E-state index is 0. The number of carboxylic acid groups (broad SMARTS) is 1. The third-order valence-electron chi connectivity index (χ3n) is 0.577. The van der Waals surface area contributed by atoms with Crippen LogP contribution in [0.25, 0.3) is 0 Å². The Hall–Kier alpha value is 1.02. The van der Waals surface area contributed by atoms with Crippen molar-refractivity contribution >= 4 is 62.9 Å². The summed E-state index contributed by atoms with van der Waals surface area (Å²) in [7, 11) is 0. The number of aliphatic hydroxyl groups excluding tert-OH is 2. The van der Waals surface area contributed by atoms with Gasteiger partial charge in [-0.05, 0) is 0 Å². The number of rotatable bonds is 2. The van der Waals surface area contributed by atoms with Gasteiger partial charge in [-0.25, -0.2) is 0 Å². The third kappa shape index (κ3) is 19.4. The molecule has 0 aliphatic rings. The van der Waals surface area contributed by atoms with Crippen LogP contribution in [0.1, 0.15) is 0 Å². The van der Waals surface area contributed by atoms with Crippen LogP contribution in [-0.4, -0.2) is 99.9 Å². The molecule has 0 aliphatic carbocycles. The number of carboxylic acids is 1. The second kappa shape index (κ2) is 18.7. The summed E-state index contributed by atoms with van der Waals surface area (Å²) in [5, 5.41) is 24.7. The molecule has 0 rings (SSSR count). The molecule has 0 aromatic carbocycles. The molecular weight excluding hydrogens is 357 g/mol. The number of aliphatic carboxylic acids is 1. The average molecular weight is 366 g/mol. The number of hydrogen-bond acceptors (Lipinski definition) is 4. The standard InChI is InChI=1S/C3H5O4.3Ga.2H2O.O/c4-1-2(5)3(6)7;;;;;;/h1-2,4-5H,(H,6,7);;;;2*1H2;/t2-;;;;;;/m0....../s1. The van der Waals surface area contributed by atoms with Crippen molar-refractivity contribution in [2.45, 2.75) is 10.8 Å². The van der Waals surface area contributed by atoms with Gasteiger partial charge in [0.1, 0.15) is 0 Å². The van der Waals surface area contributed by atoms with Gasteiger partial charge in [-0.15, -0.1) is 0 Å². The van der Waals surface area contributed by atoms with Crippen LogP contribution in [0.15, 0.2) is 0 Å². The third-order valence-corrected chi connectivity index (χ3v) is 1.34. The molecule has 0 saturated carbocycles. The maximum atomic E-state index is 9.74. The van der Waals surface area contributed by atoms with E-state index >= 15 is 0 Å². The van der Waals surface area contributed by atoms with E-state index in [1.165, 1.54) is 0 Å². The van der Waals surface area contributed by atoms with Gasteiger partial charge in [0, 0.05) is 19.8 Å². The van der Waals surface area contributed by atoms with Crippen LogP contribution >= 0.6 is 0 Å². The van der Waals surface area contributed by atoms with E-state index in [0.29, 0.717) is 18.6 Å². The van der Waals surface area contributed by atoms with Gasteiger partial charge in [0.25, 0.3) is 0 Å². The molecule has 13 heavy (non-hydrogen) atoms. The molecule has 0 aromatic rings.